The lowest BCUT2D eigenvalue weighted by atomic mass is 9.96. The molecule has 2 aromatic rings. The van der Waals surface area contributed by atoms with Crippen LogP contribution < -0.4 is 10.6 Å². The van der Waals surface area contributed by atoms with Gasteiger partial charge in [0, 0.05) is 19.6 Å². The number of guanidine groups is 1. The lowest BCUT2D eigenvalue weighted by Gasteiger charge is -2.32. The molecule has 6 nitrogen and oxygen atoms in total. The summed E-state index contributed by atoms with van der Waals surface area (Å²) in [6.07, 6.45) is 2.44. The number of aryl methyl sites for hydroxylation is 3. The largest absolute Gasteiger partial charge is 0.444 e. The Labute approximate surface area is 174 Å². The quantitative estimate of drug-likeness (QED) is 0.552. The molecular formula is C23H35N5O. The molecule has 1 fully saturated rings. The highest BCUT2D eigenvalue weighted by Gasteiger charge is 2.19. The van der Waals surface area contributed by atoms with Crippen molar-refractivity contribution in [3.8, 4) is 0 Å². The van der Waals surface area contributed by atoms with Crippen LogP contribution >= 0.6 is 0 Å². The minimum atomic E-state index is 0.457. The van der Waals surface area contributed by atoms with Gasteiger partial charge in [0.2, 0.25) is 5.89 Å². The first-order chi connectivity index (χ1) is 14.0. The summed E-state index contributed by atoms with van der Waals surface area (Å²) in [5, 5.41) is 6.82. The molecule has 0 atom stereocenters. The molecule has 1 saturated heterocycles. The predicted molar refractivity (Wildman–Crippen MR) is 118 cm³/mol. The topological polar surface area (TPSA) is 65.7 Å². The van der Waals surface area contributed by atoms with E-state index < -0.39 is 0 Å². The van der Waals surface area contributed by atoms with Gasteiger partial charge in [-0.15, -0.1) is 0 Å². The van der Waals surface area contributed by atoms with Gasteiger partial charge >= 0.3 is 0 Å². The Morgan fingerprint density at radius 2 is 1.86 bits per heavy atom. The van der Waals surface area contributed by atoms with Crippen LogP contribution in [0.15, 0.2) is 33.7 Å². The van der Waals surface area contributed by atoms with Gasteiger partial charge in [-0.2, -0.15) is 0 Å². The number of hydrogen-bond acceptors (Lipinski definition) is 4. The van der Waals surface area contributed by atoms with Crippen molar-refractivity contribution >= 4 is 5.96 Å². The Balaban J connectivity index is 1.43. The van der Waals surface area contributed by atoms with Crippen molar-refractivity contribution in [3.63, 3.8) is 0 Å². The second-order valence-electron chi connectivity index (χ2n) is 8.03. The van der Waals surface area contributed by atoms with E-state index in [-0.39, 0.29) is 0 Å². The third-order valence-corrected chi connectivity index (χ3v) is 5.58. The summed E-state index contributed by atoms with van der Waals surface area (Å²) in [4.78, 5) is 11.6. The normalized spacial score (nSPS) is 16.2. The molecule has 1 aliphatic heterocycles. The van der Waals surface area contributed by atoms with Crippen LogP contribution in [0.25, 0.3) is 0 Å². The van der Waals surface area contributed by atoms with Crippen LogP contribution in [-0.4, -0.2) is 42.0 Å². The summed E-state index contributed by atoms with van der Waals surface area (Å²) in [5.74, 6) is 3.05. The highest BCUT2D eigenvalue weighted by molar-refractivity contribution is 5.79. The Kier molecular flexibility index (Phi) is 7.69. The molecule has 1 aliphatic rings. The molecule has 2 N–H and O–H groups in total. The molecule has 2 heterocycles. The van der Waals surface area contributed by atoms with E-state index in [1.54, 1.807) is 0 Å². The zero-order valence-electron chi connectivity index (χ0n) is 18.3. The number of nitrogens with zero attached hydrogens (tertiary/aromatic N) is 3. The van der Waals surface area contributed by atoms with Gasteiger partial charge in [-0.05, 0) is 65.1 Å². The molecule has 3 rings (SSSR count). The maximum atomic E-state index is 5.63. The van der Waals surface area contributed by atoms with Gasteiger partial charge in [-0.25, -0.2) is 9.98 Å². The van der Waals surface area contributed by atoms with Gasteiger partial charge in [0.1, 0.15) is 12.3 Å². The predicted octanol–water partition coefficient (Wildman–Crippen LogP) is 3.57. The maximum absolute atomic E-state index is 5.63. The van der Waals surface area contributed by atoms with Crippen molar-refractivity contribution in [2.24, 2.45) is 10.9 Å². The average molecular weight is 398 g/mol. The van der Waals surface area contributed by atoms with Crippen molar-refractivity contribution in [1.82, 2.24) is 20.5 Å². The molecule has 0 bridgehead atoms. The third-order valence-electron chi connectivity index (χ3n) is 5.58. The first kappa shape index (κ1) is 21.4. The third kappa shape index (κ3) is 6.60. The highest BCUT2D eigenvalue weighted by Crippen LogP contribution is 2.18. The second-order valence-corrected chi connectivity index (χ2v) is 8.03. The summed E-state index contributed by atoms with van der Waals surface area (Å²) < 4.78 is 5.63. The van der Waals surface area contributed by atoms with Crippen molar-refractivity contribution in [1.29, 1.82) is 0 Å². The number of oxazole rings is 1. The fourth-order valence-electron chi connectivity index (χ4n) is 3.64. The van der Waals surface area contributed by atoms with Gasteiger partial charge in [0.15, 0.2) is 5.96 Å². The fourth-order valence-corrected chi connectivity index (χ4v) is 3.64. The first-order valence-electron chi connectivity index (χ1n) is 10.8. The number of aromatic nitrogens is 1. The number of benzene rings is 1. The lowest BCUT2D eigenvalue weighted by Crippen LogP contribution is -2.42. The van der Waals surface area contributed by atoms with E-state index in [0.29, 0.717) is 18.4 Å². The summed E-state index contributed by atoms with van der Waals surface area (Å²) in [7, 11) is 0. The molecule has 158 valence electrons. The fraction of sp³-hybridized carbons (Fsp3) is 0.565. The van der Waals surface area contributed by atoms with Crippen LogP contribution in [0.1, 0.15) is 48.2 Å². The lowest BCUT2D eigenvalue weighted by molar-refractivity contribution is 0.178. The molecule has 6 heteroatoms. The average Bonchev–Trinajstić information content (AvgIpc) is 3.04. The van der Waals surface area contributed by atoms with E-state index in [2.05, 4.69) is 63.6 Å². The SMILES string of the molecule is CCNC(=NCc1nc(C)c(C)o1)NCC1CCN(Cc2ccc(C)cc2)CC1. The van der Waals surface area contributed by atoms with Crippen LogP contribution in [0.3, 0.4) is 0 Å². The molecule has 1 aromatic carbocycles. The Hall–Kier alpha value is -2.34. The van der Waals surface area contributed by atoms with Crippen molar-refractivity contribution in [2.45, 2.75) is 53.6 Å². The van der Waals surface area contributed by atoms with Crippen molar-refractivity contribution in [3.05, 3.63) is 52.7 Å². The molecule has 1 aromatic heterocycles. The van der Waals surface area contributed by atoms with Crippen molar-refractivity contribution < 1.29 is 4.42 Å². The first-order valence-corrected chi connectivity index (χ1v) is 10.8. The van der Waals surface area contributed by atoms with E-state index in [9.17, 15) is 0 Å². The van der Waals surface area contributed by atoms with E-state index in [1.165, 1.54) is 24.0 Å². The molecular weight excluding hydrogens is 362 g/mol. The summed E-state index contributed by atoms with van der Waals surface area (Å²) in [5.41, 5.74) is 3.67. The van der Waals surface area contributed by atoms with Gasteiger partial charge in [0.05, 0.1) is 5.69 Å². The minimum absolute atomic E-state index is 0.457. The molecule has 0 amide bonds. The molecule has 0 aliphatic carbocycles. The smallest absolute Gasteiger partial charge is 0.216 e. The monoisotopic (exact) mass is 397 g/mol. The number of aliphatic imine (C=N–C) groups is 1. The molecule has 0 unspecified atom stereocenters. The van der Waals surface area contributed by atoms with Crippen LogP contribution in [-0.2, 0) is 13.1 Å². The Morgan fingerprint density at radius 3 is 2.48 bits per heavy atom. The van der Waals surface area contributed by atoms with E-state index >= 15 is 0 Å². The number of nitrogens with one attached hydrogen (secondary N) is 2. The zero-order valence-corrected chi connectivity index (χ0v) is 18.3. The molecule has 0 spiro atoms. The van der Waals surface area contributed by atoms with E-state index in [1.807, 2.05) is 13.8 Å². The minimum Gasteiger partial charge on any atom is -0.444 e. The van der Waals surface area contributed by atoms with E-state index in [0.717, 1.165) is 50.1 Å². The van der Waals surface area contributed by atoms with Crippen molar-refractivity contribution in [2.75, 3.05) is 26.2 Å². The second kappa shape index (κ2) is 10.4. The van der Waals surface area contributed by atoms with Gasteiger partial charge in [-0.1, -0.05) is 29.8 Å². The van der Waals surface area contributed by atoms with Gasteiger partial charge in [0.25, 0.3) is 0 Å². The number of likely N-dealkylation sites (tertiary alicyclic amines) is 1. The Morgan fingerprint density at radius 1 is 1.14 bits per heavy atom. The molecule has 0 saturated carbocycles. The maximum Gasteiger partial charge on any atom is 0.216 e. The highest BCUT2D eigenvalue weighted by atomic mass is 16.4. The van der Waals surface area contributed by atoms with E-state index in [4.69, 9.17) is 4.42 Å². The van der Waals surface area contributed by atoms with Gasteiger partial charge < -0.3 is 15.1 Å². The van der Waals surface area contributed by atoms with Crippen LogP contribution in [0.5, 0.6) is 0 Å². The Bertz CT molecular complexity index is 769. The summed E-state index contributed by atoms with van der Waals surface area (Å²) in [6.45, 7) is 13.7. The van der Waals surface area contributed by atoms with Crippen LogP contribution in [0.4, 0.5) is 0 Å². The summed E-state index contributed by atoms with van der Waals surface area (Å²) >= 11 is 0. The number of rotatable bonds is 7. The number of hydrogen-bond donors (Lipinski definition) is 2. The summed E-state index contributed by atoms with van der Waals surface area (Å²) in [6, 6.07) is 8.90. The number of piperidine rings is 1. The standard InChI is InChI=1S/C23H35N5O/c1-5-24-23(26-15-22-27-18(3)19(4)29-22)25-14-20-10-12-28(13-11-20)16-21-8-6-17(2)7-9-21/h6-9,20H,5,10-16H2,1-4H3,(H2,24,25,26). The zero-order chi connectivity index (χ0) is 20.6. The van der Waals surface area contributed by atoms with Crippen LogP contribution in [0.2, 0.25) is 0 Å². The van der Waals surface area contributed by atoms with Crippen LogP contribution in [0, 0.1) is 26.7 Å². The molecule has 29 heavy (non-hydrogen) atoms. The van der Waals surface area contributed by atoms with Gasteiger partial charge in [-0.3, -0.25) is 4.90 Å². The molecule has 0 radical (unpaired) electrons.